The first-order chi connectivity index (χ1) is 14.3. The van der Waals surface area contributed by atoms with Crippen LogP contribution in [0.15, 0.2) is 24.3 Å². The minimum absolute atomic E-state index is 0.230. The molecule has 3 heterocycles. The Morgan fingerprint density at radius 1 is 1.10 bits per heavy atom. The van der Waals surface area contributed by atoms with Crippen LogP contribution in [0, 0.1) is 17.2 Å². The van der Waals surface area contributed by atoms with Gasteiger partial charge in [-0.2, -0.15) is 5.26 Å². The van der Waals surface area contributed by atoms with Gasteiger partial charge < -0.3 is 9.47 Å². The van der Waals surface area contributed by atoms with Crippen LogP contribution in [-0.2, 0) is 16.0 Å². The number of nitrogens with zero attached hydrogens (tertiary/aromatic N) is 3. The van der Waals surface area contributed by atoms with Crippen LogP contribution in [0.4, 0.5) is 0 Å². The normalized spacial score (nSPS) is 28.2. The fourth-order valence-electron chi connectivity index (χ4n) is 5.59. The van der Waals surface area contributed by atoms with Crippen molar-refractivity contribution in [1.82, 2.24) is 9.80 Å². The van der Waals surface area contributed by atoms with Crippen molar-refractivity contribution < 1.29 is 9.47 Å². The molecule has 1 unspecified atom stereocenters. The first-order valence-corrected chi connectivity index (χ1v) is 11.4. The van der Waals surface area contributed by atoms with E-state index < -0.39 is 0 Å². The number of nitriles is 1. The lowest BCUT2D eigenvalue weighted by Crippen LogP contribution is -2.76. The number of benzene rings is 1. The fourth-order valence-corrected chi connectivity index (χ4v) is 5.59. The number of hydrogen-bond donors (Lipinski definition) is 0. The highest BCUT2D eigenvalue weighted by atomic mass is 16.5. The van der Waals surface area contributed by atoms with Gasteiger partial charge in [0.25, 0.3) is 0 Å². The van der Waals surface area contributed by atoms with E-state index in [2.05, 4.69) is 21.9 Å². The second kappa shape index (κ2) is 8.35. The van der Waals surface area contributed by atoms with Crippen molar-refractivity contribution in [3.05, 3.63) is 35.4 Å². The average molecular weight is 396 g/mol. The maximum atomic E-state index is 9.35. The smallest absolute Gasteiger partial charge is 0.0995 e. The monoisotopic (exact) mass is 395 g/mol. The van der Waals surface area contributed by atoms with Crippen LogP contribution in [0.1, 0.15) is 49.7 Å². The van der Waals surface area contributed by atoms with Crippen LogP contribution in [0.5, 0.6) is 0 Å². The third-order valence-electron chi connectivity index (χ3n) is 7.65. The van der Waals surface area contributed by atoms with Crippen LogP contribution >= 0.6 is 0 Å². The molecule has 1 aromatic carbocycles. The maximum absolute atomic E-state index is 9.35. The van der Waals surface area contributed by atoms with Crippen LogP contribution < -0.4 is 0 Å². The second-order valence-electron chi connectivity index (χ2n) is 9.41. The summed E-state index contributed by atoms with van der Waals surface area (Å²) in [5.74, 6) is 0.834. The highest BCUT2D eigenvalue weighted by molar-refractivity contribution is 5.37. The maximum Gasteiger partial charge on any atom is 0.0995 e. The van der Waals surface area contributed by atoms with Gasteiger partial charge in [-0.1, -0.05) is 18.2 Å². The van der Waals surface area contributed by atoms with E-state index >= 15 is 0 Å². The lowest BCUT2D eigenvalue weighted by molar-refractivity contribution is -0.218. The van der Waals surface area contributed by atoms with E-state index in [1.54, 1.807) is 0 Å². The Hall–Kier alpha value is -1.45. The molecule has 0 N–H and O–H groups in total. The Morgan fingerprint density at radius 3 is 2.59 bits per heavy atom. The molecular formula is C24H33N3O2. The molecule has 156 valence electrons. The lowest BCUT2D eigenvalue weighted by Gasteiger charge is -2.63. The summed E-state index contributed by atoms with van der Waals surface area (Å²) in [5.41, 5.74) is 2.20. The molecule has 1 atom stereocenters. The van der Waals surface area contributed by atoms with Gasteiger partial charge in [0, 0.05) is 39.0 Å². The van der Waals surface area contributed by atoms with E-state index in [0.29, 0.717) is 12.1 Å². The number of rotatable bonds is 6. The summed E-state index contributed by atoms with van der Waals surface area (Å²) in [6.07, 6.45) is 7.81. The molecule has 0 radical (unpaired) electrons. The zero-order valence-electron chi connectivity index (χ0n) is 17.4. The molecule has 0 amide bonds. The van der Waals surface area contributed by atoms with Crippen LogP contribution in [0.3, 0.4) is 0 Å². The first kappa shape index (κ1) is 19.5. The number of ether oxygens (including phenoxy) is 2. The molecule has 0 aromatic heterocycles. The standard InChI is InChI=1S/C24H33N3O2/c25-15-20-3-1-2-4-21(20)16-26-11-7-22(8-12-26)27-17-23(29-18-19-5-6-19)24(27)9-13-28-14-10-24/h1-4,19,22-23H,5-14,16-18H2. The van der Waals surface area contributed by atoms with Gasteiger partial charge in [0.15, 0.2) is 0 Å². The average Bonchev–Trinajstić information content (AvgIpc) is 3.59. The van der Waals surface area contributed by atoms with Gasteiger partial charge in [-0.3, -0.25) is 9.80 Å². The fraction of sp³-hybridized carbons (Fsp3) is 0.708. The van der Waals surface area contributed by atoms with Gasteiger partial charge in [0.1, 0.15) is 0 Å². The molecular weight excluding hydrogens is 362 g/mol. The number of hydrogen-bond acceptors (Lipinski definition) is 5. The van der Waals surface area contributed by atoms with E-state index in [4.69, 9.17) is 9.47 Å². The topological polar surface area (TPSA) is 48.7 Å². The molecule has 4 aliphatic rings. The van der Waals surface area contributed by atoms with E-state index in [9.17, 15) is 5.26 Å². The van der Waals surface area contributed by atoms with Crippen LogP contribution in [0.2, 0.25) is 0 Å². The largest absolute Gasteiger partial charge is 0.381 e. The SMILES string of the molecule is N#Cc1ccccc1CN1CCC(N2CC(OCC3CC3)C23CCOCC3)CC1. The summed E-state index contributed by atoms with van der Waals surface area (Å²) >= 11 is 0. The van der Waals surface area contributed by atoms with Crippen molar-refractivity contribution in [2.75, 3.05) is 39.5 Å². The molecule has 1 aromatic rings. The van der Waals surface area contributed by atoms with Crippen molar-refractivity contribution in [2.24, 2.45) is 5.92 Å². The van der Waals surface area contributed by atoms with Gasteiger partial charge in [-0.05, 0) is 69.2 Å². The molecule has 0 bridgehead atoms. The minimum atomic E-state index is 0.230. The predicted molar refractivity (Wildman–Crippen MR) is 111 cm³/mol. The Labute approximate surface area is 174 Å². The van der Waals surface area contributed by atoms with Crippen LogP contribution in [-0.4, -0.2) is 66.9 Å². The third-order valence-corrected chi connectivity index (χ3v) is 7.65. The molecule has 4 fully saturated rings. The summed E-state index contributed by atoms with van der Waals surface area (Å²) in [7, 11) is 0. The Kier molecular flexibility index (Phi) is 5.62. The van der Waals surface area contributed by atoms with Gasteiger partial charge in [-0.15, -0.1) is 0 Å². The summed E-state index contributed by atoms with van der Waals surface area (Å²) in [5, 5.41) is 9.35. The van der Waals surface area contributed by atoms with Gasteiger partial charge in [0.2, 0.25) is 0 Å². The van der Waals surface area contributed by atoms with Crippen molar-refractivity contribution in [1.29, 1.82) is 5.26 Å². The van der Waals surface area contributed by atoms with Gasteiger partial charge in [0.05, 0.1) is 23.3 Å². The Balaban J connectivity index is 1.18. The third kappa shape index (κ3) is 3.96. The quantitative estimate of drug-likeness (QED) is 0.740. The van der Waals surface area contributed by atoms with Crippen molar-refractivity contribution in [3.8, 4) is 6.07 Å². The molecule has 1 saturated carbocycles. The molecule has 3 aliphatic heterocycles. The van der Waals surface area contributed by atoms with E-state index in [-0.39, 0.29) is 5.54 Å². The first-order valence-electron chi connectivity index (χ1n) is 11.4. The molecule has 1 aliphatic carbocycles. The van der Waals surface area contributed by atoms with Gasteiger partial charge >= 0.3 is 0 Å². The zero-order chi connectivity index (χ0) is 19.7. The number of piperidine rings is 1. The summed E-state index contributed by atoms with van der Waals surface area (Å²) in [6.45, 7) is 6.95. The molecule has 29 heavy (non-hydrogen) atoms. The molecule has 5 nitrogen and oxygen atoms in total. The Morgan fingerprint density at radius 2 is 1.86 bits per heavy atom. The summed E-state index contributed by atoms with van der Waals surface area (Å²) in [6, 6.07) is 11.0. The van der Waals surface area contributed by atoms with E-state index in [1.165, 1.54) is 25.7 Å². The zero-order valence-corrected chi connectivity index (χ0v) is 17.4. The molecule has 1 spiro atoms. The van der Waals surface area contributed by atoms with Crippen molar-refractivity contribution in [3.63, 3.8) is 0 Å². The van der Waals surface area contributed by atoms with Crippen molar-refractivity contribution >= 4 is 0 Å². The summed E-state index contributed by atoms with van der Waals surface area (Å²) in [4.78, 5) is 5.30. The molecule has 3 saturated heterocycles. The minimum Gasteiger partial charge on any atom is -0.381 e. The second-order valence-corrected chi connectivity index (χ2v) is 9.41. The van der Waals surface area contributed by atoms with Gasteiger partial charge in [-0.25, -0.2) is 0 Å². The van der Waals surface area contributed by atoms with Crippen LogP contribution in [0.25, 0.3) is 0 Å². The predicted octanol–water partition coefficient (Wildman–Crippen LogP) is 3.18. The Bertz CT molecular complexity index is 743. The van der Waals surface area contributed by atoms with Crippen molar-refractivity contribution in [2.45, 2.75) is 62.8 Å². The molecule has 5 heteroatoms. The highest BCUT2D eigenvalue weighted by Crippen LogP contribution is 2.45. The lowest BCUT2D eigenvalue weighted by atomic mass is 9.73. The van der Waals surface area contributed by atoms with E-state index in [1.807, 2.05) is 18.2 Å². The number of likely N-dealkylation sites (tertiary alicyclic amines) is 2. The van der Waals surface area contributed by atoms with E-state index in [0.717, 1.165) is 75.9 Å². The highest BCUT2D eigenvalue weighted by Gasteiger charge is 2.57. The summed E-state index contributed by atoms with van der Waals surface area (Å²) < 4.78 is 12.1. The molecule has 5 rings (SSSR count).